The number of hydrogen-bond donors (Lipinski definition) is 1. The van der Waals surface area contributed by atoms with Gasteiger partial charge in [-0.3, -0.25) is 14.9 Å². The van der Waals surface area contributed by atoms with Crippen LogP contribution in [0.15, 0.2) is 46.7 Å². The van der Waals surface area contributed by atoms with Crippen LogP contribution in [0.4, 0.5) is 11.4 Å². The summed E-state index contributed by atoms with van der Waals surface area (Å²) in [6, 6.07) is 7.87. The molecule has 6 nitrogen and oxygen atoms in total. The number of anilines is 1. The molecule has 106 valence electrons. The van der Waals surface area contributed by atoms with Crippen molar-refractivity contribution in [1.29, 1.82) is 0 Å². The summed E-state index contributed by atoms with van der Waals surface area (Å²) in [5.74, 6) is 0. The molecule has 0 radical (unpaired) electrons. The second-order valence-corrected chi connectivity index (χ2v) is 5.54. The molecule has 0 atom stereocenters. The number of nitro groups is 1. The van der Waals surface area contributed by atoms with Crippen molar-refractivity contribution in [3.8, 4) is 0 Å². The SMILES string of the molecule is Nc1ccc([N+](=O)[O-])cc1Cn1ccc2sccc2c1=O. The molecule has 0 fully saturated rings. The predicted octanol–water partition coefficient (Wildman–Crippen LogP) is 2.60. The normalized spacial score (nSPS) is 10.9. The zero-order valence-corrected chi connectivity index (χ0v) is 11.7. The van der Waals surface area contributed by atoms with Crippen molar-refractivity contribution >= 4 is 32.8 Å². The van der Waals surface area contributed by atoms with Crippen molar-refractivity contribution in [2.24, 2.45) is 0 Å². The van der Waals surface area contributed by atoms with Gasteiger partial charge in [0.25, 0.3) is 11.2 Å². The first-order valence-corrected chi connectivity index (χ1v) is 7.03. The van der Waals surface area contributed by atoms with Crippen molar-refractivity contribution in [1.82, 2.24) is 4.57 Å². The molecular weight excluding hydrogens is 290 g/mol. The van der Waals surface area contributed by atoms with E-state index in [0.717, 1.165) is 4.70 Å². The van der Waals surface area contributed by atoms with Crippen LogP contribution in [0.25, 0.3) is 10.1 Å². The lowest BCUT2D eigenvalue weighted by Gasteiger charge is -2.08. The molecule has 0 unspecified atom stereocenters. The van der Waals surface area contributed by atoms with Crippen LogP contribution in [-0.2, 0) is 6.54 Å². The Balaban J connectivity index is 2.06. The maximum Gasteiger partial charge on any atom is 0.269 e. The summed E-state index contributed by atoms with van der Waals surface area (Å²) in [5.41, 5.74) is 6.67. The number of thiophene rings is 1. The van der Waals surface area contributed by atoms with E-state index >= 15 is 0 Å². The number of nitrogens with two attached hydrogens (primary N) is 1. The molecule has 0 saturated heterocycles. The third-order valence-corrected chi connectivity index (χ3v) is 4.15. The van der Waals surface area contributed by atoms with Crippen LogP contribution in [0.3, 0.4) is 0 Å². The Morgan fingerprint density at radius 1 is 1.29 bits per heavy atom. The molecule has 2 aromatic heterocycles. The van der Waals surface area contributed by atoms with Gasteiger partial charge in [-0.05, 0) is 23.6 Å². The van der Waals surface area contributed by atoms with E-state index in [0.29, 0.717) is 16.6 Å². The van der Waals surface area contributed by atoms with Crippen molar-refractivity contribution in [3.63, 3.8) is 0 Å². The van der Waals surface area contributed by atoms with E-state index in [4.69, 9.17) is 5.73 Å². The molecule has 0 bridgehead atoms. The molecule has 0 aliphatic carbocycles. The number of nitrogens with zero attached hydrogens (tertiary/aromatic N) is 2. The Hall–Kier alpha value is -2.67. The third-order valence-electron chi connectivity index (χ3n) is 3.27. The fraction of sp³-hybridized carbons (Fsp3) is 0.0714. The lowest BCUT2D eigenvalue weighted by Crippen LogP contribution is -2.20. The summed E-state index contributed by atoms with van der Waals surface area (Å²) in [6.07, 6.45) is 1.68. The minimum absolute atomic E-state index is 0.0381. The summed E-state index contributed by atoms with van der Waals surface area (Å²) in [6.45, 7) is 0.206. The molecule has 0 saturated carbocycles. The second kappa shape index (κ2) is 5.02. The largest absolute Gasteiger partial charge is 0.398 e. The van der Waals surface area contributed by atoms with Crippen LogP contribution in [-0.4, -0.2) is 9.49 Å². The Kier molecular flexibility index (Phi) is 3.19. The van der Waals surface area contributed by atoms with E-state index in [-0.39, 0.29) is 17.8 Å². The summed E-state index contributed by atoms with van der Waals surface area (Å²) >= 11 is 1.50. The molecule has 21 heavy (non-hydrogen) atoms. The smallest absolute Gasteiger partial charge is 0.269 e. The van der Waals surface area contributed by atoms with Crippen LogP contribution in [0.5, 0.6) is 0 Å². The van der Waals surface area contributed by atoms with E-state index in [1.54, 1.807) is 12.3 Å². The lowest BCUT2D eigenvalue weighted by molar-refractivity contribution is -0.384. The molecular formula is C14H11N3O3S. The summed E-state index contributed by atoms with van der Waals surface area (Å²) in [5, 5.41) is 13.3. The molecule has 0 amide bonds. The van der Waals surface area contributed by atoms with Crippen molar-refractivity contribution in [2.75, 3.05) is 5.73 Å². The van der Waals surface area contributed by atoms with E-state index in [1.165, 1.54) is 34.1 Å². The Bertz CT molecular complexity index is 898. The quantitative estimate of drug-likeness (QED) is 0.457. The van der Waals surface area contributed by atoms with Crippen molar-refractivity contribution in [2.45, 2.75) is 6.54 Å². The molecule has 2 N–H and O–H groups in total. The minimum atomic E-state index is -0.478. The number of pyridine rings is 1. The van der Waals surface area contributed by atoms with E-state index < -0.39 is 4.92 Å². The fourth-order valence-electron chi connectivity index (χ4n) is 2.16. The highest BCUT2D eigenvalue weighted by Gasteiger charge is 2.11. The molecule has 3 rings (SSSR count). The molecule has 0 aliphatic heterocycles. The number of non-ortho nitro benzene ring substituents is 1. The molecule has 1 aromatic carbocycles. The number of benzene rings is 1. The van der Waals surface area contributed by atoms with Crippen LogP contribution in [0.1, 0.15) is 5.56 Å². The van der Waals surface area contributed by atoms with E-state index in [9.17, 15) is 14.9 Å². The molecule has 0 aliphatic rings. The highest BCUT2D eigenvalue weighted by molar-refractivity contribution is 7.17. The van der Waals surface area contributed by atoms with Gasteiger partial charge >= 0.3 is 0 Å². The van der Waals surface area contributed by atoms with Crippen molar-refractivity contribution in [3.05, 3.63) is 67.9 Å². The number of nitro benzene ring substituents is 1. The van der Waals surface area contributed by atoms with Gasteiger partial charge in [0, 0.05) is 34.3 Å². The van der Waals surface area contributed by atoms with Crippen molar-refractivity contribution < 1.29 is 4.92 Å². The predicted molar refractivity (Wildman–Crippen MR) is 82.7 cm³/mol. The first-order valence-electron chi connectivity index (χ1n) is 6.16. The van der Waals surface area contributed by atoms with Gasteiger partial charge in [0.15, 0.2) is 0 Å². The molecule has 2 heterocycles. The van der Waals surface area contributed by atoms with Crippen LogP contribution < -0.4 is 11.3 Å². The maximum atomic E-state index is 12.3. The average Bonchev–Trinajstić information content (AvgIpc) is 2.93. The summed E-state index contributed by atoms with van der Waals surface area (Å²) in [7, 11) is 0. The first kappa shape index (κ1) is 13.3. The maximum absolute atomic E-state index is 12.3. The van der Waals surface area contributed by atoms with E-state index in [1.807, 2.05) is 11.4 Å². The number of rotatable bonds is 3. The molecule has 7 heteroatoms. The van der Waals surface area contributed by atoms with Gasteiger partial charge in [-0.2, -0.15) is 0 Å². The van der Waals surface area contributed by atoms with Crippen LogP contribution in [0.2, 0.25) is 0 Å². The van der Waals surface area contributed by atoms with Gasteiger partial charge < -0.3 is 10.3 Å². The van der Waals surface area contributed by atoms with Gasteiger partial charge in [0.05, 0.1) is 16.9 Å². The summed E-state index contributed by atoms with van der Waals surface area (Å²) < 4.78 is 2.42. The van der Waals surface area contributed by atoms with Gasteiger partial charge in [-0.25, -0.2) is 0 Å². The lowest BCUT2D eigenvalue weighted by atomic mass is 10.1. The minimum Gasteiger partial charge on any atom is -0.398 e. The number of aromatic nitrogens is 1. The van der Waals surface area contributed by atoms with Gasteiger partial charge in [0.1, 0.15) is 0 Å². The zero-order valence-electron chi connectivity index (χ0n) is 10.9. The second-order valence-electron chi connectivity index (χ2n) is 4.59. The highest BCUT2D eigenvalue weighted by atomic mass is 32.1. The number of hydrogen-bond acceptors (Lipinski definition) is 5. The number of fused-ring (bicyclic) bond motifs is 1. The molecule has 3 aromatic rings. The van der Waals surface area contributed by atoms with Crippen LogP contribution in [0, 0.1) is 10.1 Å². The Morgan fingerprint density at radius 3 is 2.86 bits per heavy atom. The topological polar surface area (TPSA) is 91.2 Å². The van der Waals surface area contributed by atoms with E-state index in [2.05, 4.69) is 0 Å². The number of nitrogen functional groups attached to an aromatic ring is 1. The van der Waals surface area contributed by atoms with Gasteiger partial charge in [0.2, 0.25) is 0 Å². The summed E-state index contributed by atoms with van der Waals surface area (Å²) in [4.78, 5) is 22.7. The van der Waals surface area contributed by atoms with Crippen LogP contribution >= 0.6 is 11.3 Å². The Morgan fingerprint density at radius 2 is 2.10 bits per heavy atom. The first-order chi connectivity index (χ1) is 10.1. The molecule has 0 spiro atoms. The standard InChI is InChI=1S/C14H11N3O3S/c15-12-2-1-10(17(19)20)7-9(12)8-16-5-3-13-11(14(16)18)4-6-21-13/h1-7H,8,15H2. The fourth-order valence-corrected chi connectivity index (χ4v) is 2.93. The third kappa shape index (κ3) is 2.38. The zero-order chi connectivity index (χ0) is 15.0. The monoisotopic (exact) mass is 301 g/mol. The average molecular weight is 301 g/mol. The van der Waals surface area contributed by atoms with Gasteiger partial charge in [-0.1, -0.05) is 0 Å². The Labute approximate surface area is 123 Å². The van der Waals surface area contributed by atoms with Gasteiger partial charge in [-0.15, -0.1) is 11.3 Å². The highest BCUT2D eigenvalue weighted by Crippen LogP contribution is 2.21.